The van der Waals surface area contributed by atoms with Crippen LogP contribution < -0.4 is 15.4 Å². The molecule has 7 heteroatoms. The normalized spacial score (nSPS) is 10.7. The van der Waals surface area contributed by atoms with Crippen molar-refractivity contribution in [3.8, 4) is 11.5 Å². The number of carbonyl (C=O) groups excluding carboxylic acids is 2. The molecule has 1 aromatic heterocycles. The zero-order valence-corrected chi connectivity index (χ0v) is 14.4. The lowest BCUT2D eigenvalue weighted by Gasteiger charge is -2.19. The quantitative estimate of drug-likeness (QED) is 0.869. The third-order valence-corrected chi connectivity index (χ3v) is 2.80. The number of rotatable bonds is 5. The van der Waals surface area contributed by atoms with Crippen LogP contribution in [-0.4, -0.2) is 29.1 Å². The maximum Gasteiger partial charge on any atom is 0.408 e. The number of anilines is 1. The van der Waals surface area contributed by atoms with E-state index in [0.29, 0.717) is 17.2 Å². The second-order valence-corrected chi connectivity index (χ2v) is 6.22. The predicted molar refractivity (Wildman–Crippen MR) is 93.6 cm³/mol. The van der Waals surface area contributed by atoms with Crippen molar-refractivity contribution in [2.24, 2.45) is 0 Å². The van der Waals surface area contributed by atoms with Gasteiger partial charge in [-0.15, -0.1) is 0 Å². The van der Waals surface area contributed by atoms with E-state index in [-0.39, 0.29) is 12.5 Å². The van der Waals surface area contributed by atoms with Crippen molar-refractivity contribution in [1.82, 2.24) is 10.3 Å². The van der Waals surface area contributed by atoms with Crippen LogP contribution in [0.5, 0.6) is 11.5 Å². The summed E-state index contributed by atoms with van der Waals surface area (Å²) in [6.07, 6.45) is 2.64. The van der Waals surface area contributed by atoms with Gasteiger partial charge in [0.15, 0.2) is 0 Å². The van der Waals surface area contributed by atoms with E-state index in [2.05, 4.69) is 15.6 Å². The van der Waals surface area contributed by atoms with Crippen molar-refractivity contribution in [1.29, 1.82) is 0 Å². The van der Waals surface area contributed by atoms with E-state index in [1.54, 1.807) is 69.6 Å². The fraction of sp³-hybridized carbons (Fsp3) is 0.278. The van der Waals surface area contributed by atoms with Crippen molar-refractivity contribution in [2.45, 2.75) is 26.4 Å². The van der Waals surface area contributed by atoms with E-state index in [1.807, 2.05) is 0 Å². The van der Waals surface area contributed by atoms with Gasteiger partial charge in [-0.25, -0.2) is 4.79 Å². The Morgan fingerprint density at radius 3 is 2.40 bits per heavy atom. The van der Waals surface area contributed by atoms with Crippen LogP contribution in [0, 0.1) is 0 Å². The summed E-state index contributed by atoms with van der Waals surface area (Å²) in [5, 5.41) is 5.07. The van der Waals surface area contributed by atoms with Gasteiger partial charge in [0.25, 0.3) is 0 Å². The number of hydrogen-bond acceptors (Lipinski definition) is 5. The topological polar surface area (TPSA) is 89.5 Å². The molecule has 0 aliphatic heterocycles. The molecule has 0 fully saturated rings. The van der Waals surface area contributed by atoms with Crippen molar-refractivity contribution in [3.05, 3.63) is 48.8 Å². The van der Waals surface area contributed by atoms with Gasteiger partial charge in [-0.05, 0) is 57.2 Å². The molecule has 0 radical (unpaired) electrons. The summed E-state index contributed by atoms with van der Waals surface area (Å²) in [6, 6.07) is 10.4. The van der Waals surface area contributed by atoms with Gasteiger partial charge in [0.1, 0.15) is 23.6 Å². The Morgan fingerprint density at radius 2 is 1.80 bits per heavy atom. The van der Waals surface area contributed by atoms with E-state index in [4.69, 9.17) is 9.47 Å². The van der Waals surface area contributed by atoms with Crippen LogP contribution in [-0.2, 0) is 9.53 Å². The molecule has 0 atom stereocenters. The largest absolute Gasteiger partial charge is 0.456 e. The zero-order valence-electron chi connectivity index (χ0n) is 14.4. The first-order valence-corrected chi connectivity index (χ1v) is 7.76. The van der Waals surface area contributed by atoms with Crippen LogP contribution in [0.15, 0.2) is 48.8 Å². The highest BCUT2D eigenvalue weighted by Gasteiger charge is 2.16. The summed E-state index contributed by atoms with van der Waals surface area (Å²) in [4.78, 5) is 27.3. The van der Waals surface area contributed by atoms with Crippen LogP contribution in [0.1, 0.15) is 20.8 Å². The molecule has 1 heterocycles. The molecular formula is C18H21N3O4. The molecular weight excluding hydrogens is 322 g/mol. The number of alkyl carbamates (subject to hydrolysis) is 1. The van der Waals surface area contributed by atoms with Gasteiger partial charge in [-0.1, -0.05) is 0 Å². The van der Waals surface area contributed by atoms with Crippen molar-refractivity contribution < 1.29 is 19.1 Å². The summed E-state index contributed by atoms with van der Waals surface area (Å²) < 4.78 is 10.7. The first-order chi connectivity index (χ1) is 11.8. The summed E-state index contributed by atoms with van der Waals surface area (Å²) in [7, 11) is 0. The van der Waals surface area contributed by atoms with Crippen LogP contribution in [0.25, 0.3) is 0 Å². The number of nitrogens with one attached hydrogen (secondary N) is 2. The Morgan fingerprint density at radius 1 is 1.08 bits per heavy atom. The number of carbonyl (C=O) groups is 2. The molecule has 1 aromatic carbocycles. The van der Waals surface area contributed by atoms with Crippen molar-refractivity contribution in [2.75, 3.05) is 11.9 Å². The minimum atomic E-state index is -0.636. The standard InChI is InChI=1S/C18H21N3O4/c1-18(2,3)25-17(23)20-12-16(22)21-13-6-8-14(9-7-13)24-15-5-4-10-19-11-15/h4-11H,12H2,1-3H3,(H,20,23)(H,21,22). The Hall–Kier alpha value is -3.09. The molecule has 0 saturated carbocycles. The molecule has 2 amide bonds. The number of ether oxygens (including phenoxy) is 2. The second-order valence-electron chi connectivity index (χ2n) is 6.22. The van der Waals surface area contributed by atoms with Crippen LogP contribution in [0.2, 0.25) is 0 Å². The third-order valence-electron chi connectivity index (χ3n) is 2.80. The first-order valence-electron chi connectivity index (χ1n) is 7.76. The van der Waals surface area contributed by atoms with Crippen molar-refractivity contribution >= 4 is 17.7 Å². The monoisotopic (exact) mass is 343 g/mol. The Kier molecular flexibility index (Phi) is 5.94. The van der Waals surface area contributed by atoms with E-state index in [9.17, 15) is 9.59 Å². The van der Waals surface area contributed by atoms with E-state index < -0.39 is 11.7 Å². The smallest absolute Gasteiger partial charge is 0.408 e. The maximum atomic E-state index is 11.8. The van der Waals surface area contributed by atoms with Gasteiger partial charge in [0, 0.05) is 11.9 Å². The van der Waals surface area contributed by atoms with Gasteiger partial charge in [-0.3, -0.25) is 9.78 Å². The SMILES string of the molecule is CC(C)(C)OC(=O)NCC(=O)Nc1ccc(Oc2cccnc2)cc1. The summed E-state index contributed by atoms with van der Waals surface area (Å²) >= 11 is 0. The van der Waals surface area contributed by atoms with E-state index in [1.165, 1.54) is 0 Å². The first kappa shape index (κ1) is 18.3. The molecule has 0 aliphatic rings. The summed E-state index contributed by atoms with van der Waals surface area (Å²) in [6.45, 7) is 5.08. The number of amides is 2. The number of nitrogens with zero attached hydrogens (tertiary/aromatic N) is 1. The molecule has 0 saturated heterocycles. The minimum absolute atomic E-state index is 0.178. The minimum Gasteiger partial charge on any atom is -0.456 e. The second kappa shape index (κ2) is 8.14. The lowest BCUT2D eigenvalue weighted by molar-refractivity contribution is -0.115. The highest BCUT2D eigenvalue weighted by Crippen LogP contribution is 2.21. The highest BCUT2D eigenvalue weighted by atomic mass is 16.6. The average molecular weight is 343 g/mol. The maximum absolute atomic E-state index is 11.8. The zero-order chi connectivity index (χ0) is 18.3. The molecule has 0 spiro atoms. The Balaban J connectivity index is 1.80. The molecule has 0 bridgehead atoms. The van der Waals surface area contributed by atoms with Gasteiger partial charge >= 0.3 is 6.09 Å². The third kappa shape index (κ3) is 6.90. The van der Waals surface area contributed by atoms with E-state index >= 15 is 0 Å². The highest BCUT2D eigenvalue weighted by molar-refractivity contribution is 5.93. The van der Waals surface area contributed by atoms with Crippen LogP contribution in [0.3, 0.4) is 0 Å². The Bertz CT molecular complexity index is 709. The summed E-state index contributed by atoms with van der Waals surface area (Å²) in [5.74, 6) is 0.894. The van der Waals surface area contributed by atoms with Crippen molar-refractivity contribution in [3.63, 3.8) is 0 Å². The molecule has 25 heavy (non-hydrogen) atoms. The van der Waals surface area contributed by atoms with Crippen LogP contribution >= 0.6 is 0 Å². The fourth-order valence-electron chi connectivity index (χ4n) is 1.82. The number of pyridine rings is 1. The predicted octanol–water partition coefficient (Wildman–Crippen LogP) is 3.34. The molecule has 132 valence electrons. The number of hydrogen-bond donors (Lipinski definition) is 2. The molecule has 0 aliphatic carbocycles. The molecule has 2 N–H and O–H groups in total. The average Bonchev–Trinajstić information content (AvgIpc) is 2.54. The lowest BCUT2D eigenvalue weighted by Crippen LogP contribution is -2.37. The number of aromatic nitrogens is 1. The lowest BCUT2D eigenvalue weighted by atomic mass is 10.2. The van der Waals surface area contributed by atoms with Gasteiger partial charge in [-0.2, -0.15) is 0 Å². The molecule has 2 aromatic rings. The fourth-order valence-corrected chi connectivity index (χ4v) is 1.82. The molecule has 0 unspecified atom stereocenters. The van der Waals surface area contributed by atoms with Gasteiger partial charge in [0.2, 0.25) is 5.91 Å². The van der Waals surface area contributed by atoms with Crippen LogP contribution in [0.4, 0.5) is 10.5 Å². The van der Waals surface area contributed by atoms with E-state index in [0.717, 1.165) is 0 Å². The molecule has 2 rings (SSSR count). The number of benzene rings is 1. The van der Waals surface area contributed by atoms with Gasteiger partial charge in [0.05, 0.1) is 6.20 Å². The van der Waals surface area contributed by atoms with Gasteiger partial charge < -0.3 is 20.1 Å². The summed E-state index contributed by atoms with van der Waals surface area (Å²) in [5.41, 5.74) is -0.0143. The molecule has 7 nitrogen and oxygen atoms in total. The Labute approximate surface area is 146 Å².